The van der Waals surface area contributed by atoms with Gasteiger partial charge in [-0.05, 0) is 11.6 Å². The normalized spacial score (nSPS) is 10.8. The van der Waals surface area contributed by atoms with E-state index in [-0.39, 0.29) is 5.56 Å². The summed E-state index contributed by atoms with van der Waals surface area (Å²) in [6, 6.07) is 21.4. The highest BCUT2D eigenvalue weighted by Gasteiger charge is 2.13. The highest BCUT2D eigenvalue weighted by atomic mass is 16.1. The lowest BCUT2D eigenvalue weighted by Crippen LogP contribution is -2.24. The Morgan fingerprint density at radius 3 is 2.33 bits per heavy atom. The molecule has 4 heteroatoms. The van der Waals surface area contributed by atoms with Gasteiger partial charge in [-0.1, -0.05) is 60.7 Å². The summed E-state index contributed by atoms with van der Waals surface area (Å²) in [5.74, 6) is 0.657. The number of hydrogen-bond acceptors (Lipinski definition) is 3. The van der Waals surface area contributed by atoms with E-state index in [1.165, 1.54) is 0 Å². The Morgan fingerprint density at radius 1 is 0.875 bits per heavy atom. The van der Waals surface area contributed by atoms with Crippen LogP contribution in [0.15, 0.2) is 83.9 Å². The van der Waals surface area contributed by atoms with Gasteiger partial charge in [-0.2, -0.15) is 0 Å². The lowest BCUT2D eigenvalue weighted by atomic mass is 10.1. The molecule has 0 amide bonds. The lowest BCUT2D eigenvalue weighted by Gasteiger charge is -2.13. The Labute approximate surface area is 139 Å². The Bertz CT molecular complexity index is 1040. The number of aromatic nitrogens is 3. The monoisotopic (exact) mass is 313 g/mol. The highest BCUT2D eigenvalue weighted by molar-refractivity contribution is 5.78. The van der Waals surface area contributed by atoms with Crippen LogP contribution in [0, 0.1) is 0 Å². The molecule has 0 aliphatic rings. The van der Waals surface area contributed by atoms with Crippen molar-refractivity contribution in [3.63, 3.8) is 0 Å². The Hall–Kier alpha value is -3.27. The van der Waals surface area contributed by atoms with Crippen LogP contribution in [-0.2, 0) is 6.54 Å². The molecule has 4 nitrogen and oxygen atoms in total. The Morgan fingerprint density at radius 2 is 1.58 bits per heavy atom. The molecule has 0 aliphatic carbocycles. The van der Waals surface area contributed by atoms with Crippen LogP contribution in [0.1, 0.15) is 5.56 Å². The molecule has 0 fully saturated rings. The van der Waals surface area contributed by atoms with Crippen molar-refractivity contribution >= 4 is 10.9 Å². The maximum Gasteiger partial charge on any atom is 0.262 e. The summed E-state index contributed by atoms with van der Waals surface area (Å²) in [4.78, 5) is 21.8. The minimum absolute atomic E-state index is 0.0508. The highest BCUT2D eigenvalue weighted by Crippen LogP contribution is 2.19. The van der Waals surface area contributed by atoms with Gasteiger partial charge in [0.1, 0.15) is 5.82 Å². The SMILES string of the molecule is O=c1c2ccncc2nc(-c2ccccc2)n1Cc1ccccc1. The summed E-state index contributed by atoms with van der Waals surface area (Å²) in [6.45, 7) is 0.481. The molecule has 0 N–H and O–H groups in total. The molecule has 0 bridgehead atoms. The summed E-state index contributed by atoms with van der Waals surface area (Å²) >= 11 is 0. The number of hydrogen-bond donors (Lipinski definition) is 0. The van der Waals surface area contributed by atoms with Crippen molar-refractivity contribution in [1.29, 1.82) is 0 Å². The molecule has 116 valence electrons. The standard InChI is InChI=1S/C20H15N3O/c24-20-17-11-12-21-13-18(17)22-19(16-9-5-2-6-10-16)23(20)14-15-7-3-1-4-8-15/h1-13H,14H2. The smallest absolute Gasteiger partial charge is 0.262 e. The average Bonchev–Trinajstić information content (AvgIpc) is 2.65. The molecule has 2 aromatic heterocycles. The second kappa shape index (κ2) is 6.08. The van der Waals surface area contributed by atoms with E-state index in [2.05, 4.69) is 4.98 Å². The van der Waals surface area contributed by atoms with E-state index in [1.54, 1.807) is 23.0 Å². The molecule has 0 atom stereocenters. The van der Waals surface area contributed by atoms with Gasteiger partial charge >= 0.3 is 0 Å². The van der Waals surface area contributed by atoms with Crippen LogP contribution in [-0.4, -0.2) is 14.5 Å². The fourth-order valence-electron chi connectivity index (χ4n) is 2.79. The molecular formula is C20H15N3O. The molecular weight excluding hydrogens is 298 g/mol. The number of nitrogens with zero attached hydrogens (tertiary/aromatic N) is 3. The molecule has 0 aliphatic heterocycles. The fraction of sp³-hybridized carbons (Fsp3) is 0.0500. The molecule has 4 aromatic rings. The molecule has 0 saturated heterocycles. The van der Waals surface area contributed by atoms with Gasteiger partial charge in [-0.15, -0.1) is 0 Å². The van der Waals surface area contributed by atoms with E-state index in [4.69, 9.17) is 4.98 Å². The molecule has 2 heterocycles. The van der Waals surface area contributed by atoms with Crippen molar-refractivity contribution in [3.05, 3.63) is 95.0 Å². The van der Waals surface area contributed by atoms with Crippen LogP contribution in [0.5, 0.6) is 0 Å². The van der Waals surface area contributed by atoms with Crippen molar-refractivity contribution in [3.8, 4) is 11.4 Å². The fourth-order valence-corrected chi connectivity index (χ4v) is 2.79. The minimum atomic E-state index is -0.0508. The molecule has 24 heavy (non-hydrogen) atoms. The van der Waals surface area contributed by atoms with Crippen LogP contribution in [0.25, 0.3) is 22.3 Å². The van der Waals surface area contributed by atoms with Gasteiger partial charge in [0.2, 0.25) is 0 Å². The molecule has 0 radical (unpaired) electrons. The van der Waals surface area contributed by atoms with Gasteiger partial charge in [0.25, 0.3) is 5.56 Å². The molecule has 0 spiro atoms. The summed E-state index contributed by atoms with van der Waals surface area (Å²) in [7, 11) is 0. The van der Waals surface area contributed by atoms with E-state index < -0.39 is 0 Å². The van der Waals surface area contributed by atoms with Crippen molar-refractivity contribution in [2.75, 3.05) is 0 Å². The van der Waals surface area contributed by atoms with Crippen molar-refractivity contribution in [2.45, 2.75) is 6.54 Å². The summed E-state index contributed by atoms with van der Waals surface area (Å²) in [5, 5.41) is 0.584. The third kappa shape index (κ3) is 2.58. The summed E-state index contributed by atoms with van der Waals surface area (Å²) in [5.41, 5.74) is 2.54. The first-order valence-electron chi connectivity index (χ1n) is 7.77. The van der Waals surface area contributed by atoms with Crippen LogP contribution in [0.4, 0.5) is 0 Å². The topological polar surface area (TPSA) is 47.8 Å². The zero-order valence-electron chi connectivity index (χ0n) is 13.0. The second-order valence-electron chi connectivity index (χ2n) is 5.57. The first-order chi connectivity index (χ1) is 11.8. The number of pyridine rings is 1. The van der Waals surface area contributed by atoms with Gasteiger partial charge < -0.3 is 0 Å². The van der Waals surface area contributed by atoms with Crippen molar-refractivity contribution in [1.82, 2.24) is 14.5 Å². The van der Waals surface area contributed by atoms with Gasteiger partial charge in [0.05, 0.1) is 23.6 Å². The lowest BCUT2D eigenvalue weighted by molar-refractivity contribution is 0.759. The third-order valence-corrected chi connectivity index (χ3v) is 3.97. The maximum absolute atomic E-state index is 13.0. The number of benzene rings is 2. The van der Waals surface area contributed by atoms with Gasteiger partial charge in [-0.3, -0.25) is 14.3 Å². The van der Waals surface area contributed by atoms with Crippen LogP contribution >= 0.6 is 0 Å². The quantitative estimate of drug-likeness (QED) is 0.581. The van der Waals surface area contributed by atoms with Crippen LogP contribution in [0.3, 0.4) is 0 Å². The maximum atomic E-state index is 13.0. The molecule has 2 aromatic carbocycles. The number of fused-ring (bicyclic) bond motifs is 1. The molecule has 4 rings (SSSR count). The predicted molar refractivity (Wildman–Crippen MR) is 94.8 cm³/mol. The summed E-state index contributed by atoms with van der Waals surface area (Å²) in [6.07, 6.45) is 3.26. The van der Waals surface area contributed by atoms with E-state index >= 15 is 0 Å². The van der Waals surface area contributed by atoms with Gasteiger partial charge in [-0.25, -0.2) is 4.98 Å². The number of rotatable bonds is 3. The predicted octanol–water partition coefficient (Wildman–Crippen LogP) is 3.51. The van der Waals surface area contributed by atoms with Crippen LogP contribution < -0.4 is 5.56 Å². The zero-order valence-corrected chi connectivity index (χ0v) is 13.0. The summed E-state index contributed by atoms with van der Waals surface area (Å²) < 4.78 is 1.73. The molecule has 0 saturated carbocycles. The van der Waals surface area contributed by atoms with Crippen molar-refractivity contribution in [2.24, 2.45) is 0 Å². The van der Waals surface area contributed by atoms with E-state index in [1.807, 2.05) is 60.7 Å². The van der Waals surface area contributed by atoms with Gasteiger partial charge in [0, 0.05) is 11.8 Å². The van der Waals surface area contributed by atoms with E-state index in [9.17, 15) is 4.79 Å². The van der Waals surface area contributed by atoms with E-state index in [0.717, 1.165) is 11.1 Å². The van der Waals surface area contributed by atoms with E-state index in [0.29, 0.717) is 23.3 Å². The third-order valence-electron chi connectivity index (χ3n) is 3.97. The first-order valence-corrected chi connectivity index (χ1v) is 7.77. The second-order valence-corrected chi connectivity index (χ2v) is 5.57. The minimum Gasteiger partial charge on any atom is -0.288 e. The average molecular weight is 313 g/mol. The first kappa shape index (κ1) is 14.3. The largest absolute Gasteiger partial charge is 0.288 e. The zero-order chi connectivity index (χ0) is 16.4. The van der Waals surface area contributed by atoms with Crippen LogP contribution in [0.2, 0.25) is 0 Å². The molecule has 0 unspecified atom stereocenters. The van der Waals surface area contributed by atoms with Gasteiger partial charge in [0.15, 0.2) is 0 Å². The Balaban J connectivity index is 1.98. The Kier molecular flexibility index (Phi) is 3.63. The van der Waals surface area contributed by atoms with Crippen molar-refractivity contribution < 1.29 is 0 Å².